The maximum Gasteiger partial charge on any atom is 0.0648 e. The summed E-state index contributed by atoms with van der Waals surface area (Å²) >= 11 is 0. The lowest BCUT2D eigenvalue weighted by Crippen LogP contribution is -2.00. The van der Waals surface area contributed by atoms with Crippen molar-refractivity contribution in [2.24, 2.45) is 0 Å². The Morgan fingerprint density at radius 3 is 1.42 bits per heavy atom. The summed E-state index contributed by atoms with van der Waals surface area (Å²) in [6.45, 7) is 7.11. The second-order valence-corrected chi connectivity index (χ2v) is 2.51. The van der Waals surface area contributed by atoms with Crippen LogP contribution in [0, 0.1) is 0 Å². The Morgan fingerprint density at radius 1 is 0.917 bits per heavy atom. The van der Waals surface area contributed by atoms with Crippen LogP contribution < -0.4 is 0 Å². The standard InChI is InChI=1S/C10H16O2/c1-3-5-9(7-11)10(8-12)6-4-2/h3-4,11-12H,1-2,5-8H2/b10-9+. The van der Waals surface area contributed by atoms with Gasteiger partial charge in [-0.15, -0.1) is 13.2 Å². The fourth-order valence-corrected chi connectivity index (χ4v) is 0.990. The quantitative estimate of drug-likeness (QED) is 0.589. The van der Waals surface area contributed by atoms with Gasteiger partial charge in [0.15, 0.2) is 0 Å². The van der Waals surface area contributed by atoms with Crippen LogP contribution in [0.25, 0.3) is 0 Å². The molecule has 12 heavy (non-hydrogen) atoms. The van der Waals surface area contributed by atoms with E-state index in [9.17, 15) is 0 Å². The van der Waals surface area contributed by atoms with Crippen molar-refractivity contribution in [2.75, 3.05) is 13.2 Å². The first-order chi connectivity index (χ1) is 5.79. The average Bonchev–Trinajstić information content (AvgIpc) is 2.11. The molecule has 0 aliphatic rings. The van der Waals surface area contributed by atoms with Gasteiger partial charge in [0.1, 0.15) is 0 Å². The van der Waals surface area contributed by atoms with Gasteiger partial charge in [0.05, 0.1) is 13.2 Å². The highest BCUT2D eigenvalue weighted by molar-refractivity contribution is 5.19. The lowest BCUT2D eigenvalue weighted by atomic mass is 10.0. The Balaban J connectivity index is 4.46. The predicted molar refractivity (Wildman–Crippen MR) is 50.8 cm³/mol. The van der Waals surface area contributed by atoms with Gasteiger partial charge in [0.2, 0.25) is 0 Å². The van der Waals surface area contributed by atoms with Crippen molar-refractivity contribution in [3.63, 3.8) is 0 Å². The Kier molecular flexibility index (Phi) is 6.34. The minimum atomic E-state index is -0.0181. The van der Waals surface area contributed by atoms with E-state index in [1.807, 2.05) is 0 Å². The number of rotatable bonds is 6. The minimum Gasteiger partial charge on any atom is -0.392 e. The van der Waals surface area contributed by atoms with Crippen molar-refractivity contribution in [1.29, 1.82) is 0 Å². The van der Waals surface area contributed by atoms with Crippen LogP contribution in [0.2, 0.25) is 0 Å². The third kappa shape index (κ3) is 3.51. The van der Waals surface area contributed by atoms with Gasteiger partial charge in [-0.25, -0.2) is 0 Å². The van der Waals surface area contributed by atoms with E-state index in [0.717, 1.165) is 11.1 Å². The topological polar surface area (TPSA) is 40.5 Å². The molecule has 0 aromatic rings. The molecule has 2 nitrogen and oxygen atoms in total. The van der Waals surface area contributed by atoms with E-state index in [4.69, 9.17) is 10.2 Å². The van der Waals surface area contributed by atoms with E-state index in [-0.39, 0.29) is 13.2 Å². The molecular weight excluding hydrogens is 152 g/mol. The largest absolute Gasteiger partial charge is 0.392 e. The van der Waals surface area contributed by atoms with Crippen molar-refractivity contribution in [3.8, 4) is 0 Å². The lowest BCUT2D eigenvalue weighted by molar-refractivity contribution is 0.307. The Hall–Kier alpha value is -0.860. The summed E-state index contributed by atoms with van der Waals surface area (Å²) in [6.07, 6.45) is 4.68. The molecular formula is C10H16O2. The molecule has 0 heterocycles. The zero-order chi connectivity index (χ0) is 9.40. The summed E-state index contributed by atoms with van der Waals surface area (Å²) < 4.78 is 0. The van der Waals surface area contributed by atoms with Crippen molar-refractivity contribution in [3.05, 3.63) is 36.5 Å². The number of hydrogen-bond acceptors (Lipinski definition) is 2. The predicted octanol–water partition coefficient (Wildman–Crippen LogP) is 1.42. The van der Waals surface area contributed by atoms with E-state index in [1.165, 1.54) is 0 Å². The van der Waals surface area contributed by atoms with Gasteiger partial charge in [-0.3, -0.25) is 0 Å². The first-order valence-electron chi connectivity index (χ1n) is 3.93. The molecule has 0 amide bonds. The first-order valence-corrected chi connectivity index (χ1v) is 3.93. The zero-order valence-corrected chi connectivity index (χ0v) is 7.29. The maximum absolute atomic E-state index is 8.93. The lowest BCUT2D eigenvalue weighted by Gasteiger charge is -2.07. The SMILES string of the molecule is C=CC/C(CO)=C(\CO)CC=C. The van der Waals surface area contributed by atoms with Gasteiger partial charge < -0.3 is 10.2 Å². The molecule has 0 rings (SSSR count). The summed E-state index contributed by atoms with van der Waals surface area (Å²) in [5, 5.41) is 17.9. The van der Waals surface area contributed by atoms with Crippen LogP contribution >= 0.6 is 0 Å². The summed E-state index contributed by atoms with van der Waals surface area (Å²) in [4.78, 5) is 0. The molecule has 0 bridgehead atoms. The molecule has 0 saturated heterocycles. The van der Waals surface area contributed by atoms with E-state index < -0.39 is 0 Å². The van der Waals surface area contributed by atoms with Crippen LogP contribution in [0.4, 0.5) is 0 Å². The molecule has 0 unspecified atom stereocenters. The van der Waals surface area contributed by atoms with Gasteiger partial charge in [-0.05, 0) is 24.0 Å². The van der Waals surface area contributed by atoms with Crippen LogP contribution in [0.1, 0.15) is 12.8 Å². The van der Waals surface area contributed by atoms with E-state index in [1.54, 1.807) is 12.2 Å². The van der Waals surface area contributed by atoms with Gasteiger partial charge in [-0.2, -0.15) is 0 Å². The Bertz CT molecular complexity index is 160. The molecule has 0 radical (unpaired) electrons. The zero-order valence-electron chi connectivity index (χ0n) is 7.29. The third-order valence-corrected chi connectivity index (χ3v) is 1.66. The molecule has 0 atom stereocenters. The molecule has 0 aromatic carbocycles. The Labute approximate surface area is 73.5 Å². The smallest absolute Gasteiger partial charge is 0.0648 e. The number of hydrogen-bond donors (Lipinski definition) is 2. The molecule has 0 saturated carbocycles. The van der Waals surface area contributed by atoms with E-state index in [2.05, 4.69) is 13.2 Å². The average molecular weight is 168 g/mol. The van der Waals surface area contributed by atoms with Crippen molar-refractivity contribution < 1.29 is 10.2 Å². The normalized spacial score (nSPS) is 12.2. The van der Waals surface area contributed by atoms with Crippen LogP contribution in [0.3, 0.4) is 0 Å². The van der Waals surface area contributed by atoms with Gasteiger partial charge in [0.25, 0.3) is 0 Å². The molecule has 0 fully saturated rings. The summed E-state index contributed by atoms with van der Waals surface area (Å²) in [5.41, 5.74) is 1.68. The van der Waals surface area contributed by atoms with Gasteiger partial charge in [0, 0.05) is 0 Å². The van der Waals surface area contributed by atoms with Crippen molar-refractivity contribution >= 4 is 0 Å². The van der Waals surface area contributed by atoms with Crippen molar-refractivity contribution in [1.82, 2.24) is 0 Å². The maximum atomic E-state index is 8.93. The number of aliphatic hydroxyl groups excluding tert-OH is 2. The molecule has 0 aliphatic carbocycles. The minimum absolute atomic E-state index is 0.0181. The van der Waals surface area contributed by atoms with Crippen LogP contribution in [-0.2, 0) is 0 Å². The fraction of sp³-hybridized carbons (Fsp3) is 0.400. The highest BCUT2D eigenvalue weighted by atomic mass is 16.3. The van der Waals surface area contributed by atoms with Crippen LogP contribution in [-0.4, -0.2) is 23.4 Å². The van der Waals surface area contributed by atoms with Crippen LogP contribution in [0.15, 0.2) is 36.5 Å². The number of allylic oxidation sites excluding steroid dienone is 2. The van der Waals surface area contributed by atoms with Gasteiger partial charge in [-0.1, -0.05) is 12.2 Å². The molecule has 2 heteroatoms. The number of aliphatic hydroxyl groups is 2. The first kappa shape index (κ1) is 11.1. The molecule has 2 N–H and O–H groups in total. The molecule has 0 aliphatic heterocycles. The molecule has 68 valence electrons. The molecule has 0 aromatic heterocycles. The molecule has 0 spiro atoms. The van der Waals surface area contributed by atoms with Crippen molar-refractivity contribution in [2.45, 2.75) is 12.8 Å². The van der Waals surface area contributed by atoms with E-state index >= 15 is 0 Å². The highest BCUT2D eigenvalue weighted by Gasteiger charge is 2.01. The summed E-state index contributed by atoms with van der Waals surface area (Å²) in [7, 11) is 0. The van der Waals surface area contributed by atoms with E-state index in [0.29, 0.717) is 12.8 Å². The highest BCUT2D eigenvalue weighted by Crippen LogP contribution is 2.12. The fourth-order valence-electron chi connectivity index (χ4n) is 0.990. The van der Waals surface area contributed by atoms with Crippen LogP contribution in [0.5, 0.6) is 0 Å². The summed E-state index contributed by atoms with van der Waals surface area (Å²) in [5.74, 6) is 0. The van der Waals surface area contributed by atoms with Gasteiger partial charge >= 0.3 is 0 Å². The Morgan fingerprint density at radius 2 is 1.25 bits per heavy atom. The second-order valence-electron chi connectivity index (χ2n) is 2.51. The third-order valence-electron chi connectivity index (χ3n) is 1.66. The second kappa shape index (κ2) is 6.83. The summed E-state index contributed by atoms with van der Waals surface area (Å²) in [6, 6.07) is 0. The monoisotopic (exact) mass is 168 g/mol.